The Morgan fingerprint density at radius 1 is 1.28 bits per heavy atom. The van der Waals surface area contributed by atoms with Crippen molar-refractivity contribution in [2.75, 3.05) is 0 Å². The van der Waals surface area contributed by atoms with Gasteiger partial charge in [0.15, 0.2) is 0 Å². The van der Waals surface area contributed by atoms with Gasteiger partial charge in [0.2, 0.25) is 0 Å². The molecule has 0 unspecified atom stereocenters. The number of nitriles is 1. The summed E-state index contributed by atoms with van der Waals surface area (Å²) in [5.74, 6) is -1.07. The van der Waals surface area contributed by atoms with Gasteiger partial charge in [0, 0.05) is 11.8 Å². The zero-order valence-electron chi connectivity index (χ0n) is 9.09. The minimum Gasteiger partial charge on any atom is -0.477 e. The van der Waals surface area contributed by atoms with E-state index in [1.54, 1.807) is 24.3 Å². The highest BCUT2D eigenvalue weighted by Gasteiger charge is 2.06. The number of rotatable bonds is 2. The maximum Gasteiger partial charge on any atom is 0.354 e. The molecule has 0 radical (unpaired) electrons. The van der Waals surface area contributed by atoms with Gasteiger partial charge in [-0.1, -0.05) is 23.7 Å². The molecule has 2 rings (SSSR count). The minimum atomic E-state index is -1.07. The van der Waals surface area contributed by atoms with Gasteiger partial charge in [-0.15, -0.1) is 0 Å². The Morgan fingerprint density at radius 2 is 2.00 bits per heavy atom. The van der Waals surface area contributed by atoms with Crippen LogP contribution < -0.4 is 0 Å². The average Bonchev–Trinajstić information content (AvgIpc) is 2.39. The van der Waals surface area contributed by atoms with Crippen LogP contribution in [0.2, 0.25) is 5.02 Å². The summed E-state index contributed by atoms with van der Waals surface area (Å²) in [6.45, 7) is 0. The molecule has 0 aliphatic heterocycles. The van der Waals surface area contributed by atoms with Crippen molar-refractivity contribution in [3.05, 3.63) is 52.8 Å². The first-order valence-corrected chi connectivity index (χ1v) is 5.39. The fourth-order valence-electron chi connectivity index (χ4n) is 1.48. The van der Waals surface area contributed by atoms with Crippen molar-refractivity contribution >= 4 is 17.6 Å². The average molecular weight is 259 g/mol. The van der Waals surface area contributed by atoms with Crippen LogP contribution in [0.25, 0.3) is 11.1 Å². The van der Waals surface area contributed by atoms with E-state index < -0.39 is 5.97 Å². The number of aromatic carboxylic acids is 1. The summed E-state index contributed by atoms with van der Waals surface area (Å²) in [7, 11) is 0. The molecule has 0 bridgehead atoms. The smallest absolute Gasteiger partial charge is 0.354 e. The van der Waals surface area contributed by atoms with Crippen LogP contribution in [0.5, 0.6) is 0 Å². The van der Waals surface area contributed by atoms with E-state index in [0.717, 1.165) is 11.1 Å². The molecule has 0 aliphatic rings. The first-order valence-electron chi connectivity index (χ1n) is 5.01. The molecule has 1 N–H and O–H groups in total. The van der Waals surface area contributed by atoms with Crippen molar-refractivity contribution in [2.45, 2.75) is 0 Å². The Hall–Kier alpha value is -2.38. The first kappa shape index (κ1) is 12.1. The van der Waals surface area contributed by atoms with Crippen molar-refractivity contribution in [1.82, 2.24) is 4.98 Å². The Balaban J connectivity index is 2.43. The summed E-state index contributed by atoms with van der Waals surface area (Å²) in [5, 5.41) is 18.0. The van der Waals surface area contributed by atoms with E-state index in [4.69, 9.17) is 22.0 Å². The number of halogens is 1. The van der Waals surface area contributed by atoms with Gasteiger partial charge in [-0.3, -0.25) is 0 Å². The topological polar surface area (TPSA) is 74.0 Å². The molecule has 88 valence electrons. The van der Waals surface area contributed by atoms with Crippen LogP contribution in [0.3, 0.4) is 0 Å². The monoisotopic (exact) mass is 258 g/mol. The van der Waals surface area contributed by atoms with E-state index in [1.165, 1.54) is 12.3 Å². The van der Waals surface area contributed by atoms with Crippen LogP contribution in [-0.4, -0.2) is 16.1 Å². The Morgan fingerprint density at radius 3 is 2.56 bits per heavy atom. The Labute approximate surface area is 108 Å². The lowest BCUT2D eigenvalue weighted by Crippen LogP contribution is -1.99. The molecule has 0 amide bonds. The van der Waals surface area contributed by atoms with Gasteiger partial charge in [-0.25, -0.2) is 9.78 Å². The van der Waals surface area contributed by atoms with Crippen LogP contribution in [0.1, 0.15) is 16.1 Å². The van der Waals surface area contributed by atoms with Crippen LogP contribution >= 0.6 is 11.6 Å². The van der Waals surface area contributed by atoms with E-state index in [0.29, 0.717) is 10.6 Å². The molecule has 18 heavy (non-hydrogen) atoms. The fourth-order valence-corrected chi connectivity index (χ4v) is 1.64. The zero-order valence-corrected chi connectivity index (χ0v) is 9.85. The van der Waals surface area contributed by atoms with Gasteiger partial charge < -0.3 is 5.11 Å². The maximum absolute atomic E-state index is 10.7. The molecule has 5 heteroatoms. The molecule has 1 aromatic carbocycles. The lowest BCUT2D eigenvalue weighted by atomic mass is 10.0. The summed E-state index contributed by atoms with van der Waals surface area (Å²) < 4.78 is 0. The van der Waals surface area contributed by atoms with Gasteiger partial charge in [0.05, 0.1) is 10.6 Å². The highest BCUT2D eigenvalue weighted by atomic mass is 35.5. The largest absolute Gasteiger partial charge is 0.477 e. The molecule has 0 saturated carbocycles. The molecule has 0 fully saturated rings. The second-order valence-electron chi connectivity index (χ2n) is 3.54. The molecular weight excluding hydrogens is 252 g/mol. The summed E-state index contributed by atoms with van der Waals surface area (Å²) >= 11 is 5.83. The van der Waals surface area contributed by atoms with E-state index in [2.05, 4.69) is 4.98 Å². The highest BCUT2D eigenvalue weighted by molar-refractivity contribution is 6.31. The van der Waals surface area contributed by atoms with Crippen molar-refractivity contribution in [1.29, 1.82) is 5.26 Å². The SMILES string of the molecule is N#Cc1cc(-c2ccc(C(=O)O)nc2)ccc1Cl. The first-order chi connectivity index (χ1) is 8.61. The number of hydrogen-bond acceptors (Lipinski definition) is 3. The molecule has 0 atom stereocenters. The number of benzene rings is 1. The van der Waals surface area contributed by atoms with Crippen LogP contribution in [0.4, 0.5) is 0 Å². The third kappa shape index (κ3) is 2.31. The second kappa shape index (κ2) is 4.86. The van der Waals surface area contributed by atoms with Gasteiger partial charge >= 0.3 is 5.97 Å². The highest BCUT2D eigenvalue weighted by Crippen LogP contribution is 2.24. The molecule has 0 aliphatic carbocycles. The number of nitrogens with zero attached hydrogens (tertiary/aromatic N) is 2. The quantitative estimate of drug-likeness (QED) is 0.899. The lowest BCUT2D eigenvalue weighted by molar-refractivity contribution is 0.0690. The molecule has 4 nitrogen and oxygen atoms in total. The van der Waals surface area contributed by atoms with Crippen LogP contribution in [0, 0.1) is 11.3 Å². The fraction of sp³-hybridized carbons (Fsp3) is 0. The Kier molecular flexibility index (Phi) is 3.26. The normalized spacial score (nSPS) is 9.78. The molecular formula is C13H7ClN2O2. The number of aromatic nitrogens is 1. The maximum atomic E-state index is 10.7. The molecule has 0 saturated heterocycles. The standard InChI is InChI=1S/C13H7ClN2O2/c14-11-3-1-8(5-10(11)6-15)9-2-4-12(13(17)18)16-7-9/h1-5,7H,(H,17,18). The number of carboxylic acid groups (broad SMARTS) is 1. The summed E-state index contributed by atoms with van der Waals surface area (Å²) in [5.41, 5.74) is 1.85. The molecule has 1 heterocycles. The van der Waals surface area contributed by atoms with E-state index in [1.807, 2.05) is 6.07 Å². The van der Waals surface area contributed by atoms with Crippen LogP contribution in [-0.2, 0) is 0 Å². The van der Waals surface area contributed by atoms with Crippen LogP contribution in [0.15, 0.2) is 36.5 Å². The third-order valence-electron chi connectivity index (χ3n) is 2.40. The molecule has 0 spiro atoms. The van der Waals surface area contributed by atoms with Crippen molar-refractivity contribution in [3.63, 3.8) is 0 Å². The predicted octanol–water partition coefficient (Wildman–Crippen LogP) is 2.97. The van der Waals surface area contributed by atoms with E-state index in [9.17, 15) is 4.79 Å². The number of pyridine rings is 1. The van der Waals surface area contributed by atoms with Gasteiger partial charge in [0.1, 0.15) is 11.8 Å². The number of hydrogen-bond donors (Lipinski definition) is 1. The second-order valence-corrected chi connectivity index (χ2v) is 3.95. The lowest BCUT2D eigenvalue weighted by Gasteiger charge is -2.03. The van der Waals surface area contributed by atoms with Gasteiger partial charge in [0.25, 0.3) is 0 Å². The number of carboxylic acids is 1. The van der Waals surface area contributed by atoms with Crippen molar-refractivity contribution in [3.8, 4) is 17.2 Å². The van der Waals surface area contributed by atoms with Crippen molar-refractivity contribution < 1.29 is 9.90 Å². The number of carbonyl (C=O) groups is 1. The predicted molar refractivity (Wildman–Crippen MR) is 66.4 cm³/mol. The molecule has 2 aromatic rings. The summed E-state index contributed by atoms with van der Waals surface area (Å²) in [6, 6.07) is 10.1. The van der Waals surface area contributed by atoms with Gasteiger partial charge in [-0.05, 0) is 23.8 Å². The third-order valence-corrected chi connectivity index (χ3v) is 2.73. The summed E-state index contributed by atoms with van der Waals surface area (Å²) in [6.07, 6.45) is 1.45. The zero-order chi connectivity index (χ0) is 13.1. The van der Waals surface area contributed by atoms with Crippen molar-refractivity contribution in [2.24, 2.45) is 0 Å². The Bertz CT molecular complexity index is 645. The van der Waals surface area contributed by atoms with E-state index in [-0.39, 0.29) is 5.69 Å². The summed E-state index contributed by atoms with van der Waals surface area (Å²) in [4.78, 5) is 14.5. The molecule has 1 aromatic heterocycles. The minimum absolute atomic E-state index is 0.0202. The van der Waals surface area contributed by atoms with Gasteiger partial charge in [-0.2, -0.15) is 5.26 Å². The van der Waals surface area contributed by atoms with E-state index >= 15 is 0 Å².